The maximum atomic E-state index is 12.5. The number of hydrogen-bond acceptors (Lipinski definition) is 5. The van der Waals surface area contributed by atoms with E-state index in [2.05, 4.69) is 15.5 Å². The number of halogens is 3. The van der Waals surface area contributed by atoms with Gasteiger partial charge in [-0.25, -0.2) is 9.78 Å². The van der Waals surface area contributed by atoms with Gasteiger partial charge in [0.15, 0.2) is 6.61 Å². The van der Waals surface area contributed by atoms with Crippen LogP contribution < -0.4 is 10.2 Å². The summed E-state index contributed by atoms with van der Waals surface area (Å²) in [6.07, 6.45) is -3.73. The number of carboxylic acids is 1. The Morgan fingerprint density at radius 3 is 2.68 bits per heavy atom. The maximum Gasteiger partial charge on any atom is 0.417 e. The van der Waals surface area contributed by atoms with Gasteiger partial charge >= 0.3 is 12.1 Å². The quantitative estimate of drug-likeness (QED) is 0.614. The SMILES string of the molecule is C/C(=N/Nc1ccc(C(F)(F)F)cn1)c1cccc(OCC(=O)O)c1. The lowest BCUT2D eigenvalue weighted by molar-refractivity contribution is -0.139. The van der Waals surface area contributed by atoms with Crippen molar-refractivity contribution in [2.24, 2.45) is 5.10 Å². The predicted octanol–water partition coefficient (Wildman–Crippen LogP) is 3.40. The molecule has 0 fully saturated rings. The van der Waals surface area contributed by atoms with Crippen molar-refractivity contribution in [3.63, 3.8) is 0 Å². The van der Waals surface area contributed by atoms with Gasteiger partial charge in [-0.3, -0.25) is 5.43 Å². The van der Waals surface area contributed by atoms with E-state index in [1.54, 1.807) is 31.2 Å². The van der Waals surface area contributed by atoms with Crippen LogP contribution in [0, 0.1) is 0 Å². The van der Waals surface area contributed by atoms with Gasteiger partial charge in [0.05, 0.1) is 11.3 Å². The van der Waals surface area contributed by atoms with Crippen LogP contribution in [0.2, 0.25) is 0 Å². The summed E-state index contributed by atoms with van der Waals surface area (Å²) in [7, 11) is 0. The number of pyridine rings is 1. The zero-order valence-corrected chi connectivity index (χ0v) is 13.0. The fourth-order valence-corrected chi connectivity index (χ4v) is 1.79. The van der Waals surface area contributed by atoms with Crippen LogP contribution in [0.3, 0.4) is 0 Å². The molecule has 1 aromatic carbocycles. The highest BCUT2D eigenvalue weighted by atomic mass is 19.4. The first-order valence-corrected chi connectivity index (χ1v) is 7.04. The van der Waals surface area contributed by atoms with E-state index in [4.69, 9.17) is 9.84 Å². The summed E-state index contributed by atoms with van der Waals surface area (Å²) < 4.78 is 42.5. The van der Waals surface area contributed by atoms with E-state index < -0.39 is 24.3 Å². The summed E-state index contributed by atoms with van der Waals surface area (Å²) in [6, 6.07) is 8.68. The number of hydrogen-bond donors (Lipinski definition) is 2. The first-order chi connectivity index (χ1) is 11.8. The molecule has 25 heavy (non-hydrogen) atoms. The van der Waals surface area contributed by atoms with Crippen molar-refractivity contribution in [3.05, 3.63) is 53.7 Å². The van der Waals surface area contributed by atoms with Crippen molar-refractivity contribution in [3.8, 4) is 5.75 Å². The number of hydrazone groups is 1. The van der Waals surface area contributed by atoms with Crippen LogP contribution >= 0.6 is 0 Å². The van der Waals surface area contributed by atoms with E-state index in [1.807, 2.05) is 0 Å². The normalized spacial score (nSPS) is 11.9. The first-order valence-electron chi connectivity index (χ1n) is 7.04. The summed E-state index contributed by atoms with van der Waals surface area (Å²) in [6.45, 7) is 1.21. The zero-order valence-electron chi connectivity index (χ0n) is 13.0. The minimum absolute atomic E-state index is 0.158. The molecule has 132 valence electrons. The van der Waals surface area contributed by atoms with Crippen LogP contribution in [0.25, 0.3) is 0 Å². The summed E-state index contributed by atoms with van der Waals surface area (Å²) in [5.74, 6) is -0.571. The molecule has 2 rings (SSSR count). The minimum Gasteiger partial charge on any atom is -0.482 e. The van der Waals surface area contributed by atoms with Crippen LogP contribution in [0.1, 0.15) is 18.1 Å². The Morgan fingerprint density at radius 1 is 1.32 bits per heavy atom. The number of alkyl halides is 3. The second-order valence-corrected chi connectivity index (χ2v) is 4.95. The van der Waals surface area contributed by atoms with Crippen molar-refractivity contribution in [1.29, 1.82) is 0 Å². The fraction of sp³-hybridized carbons (Fsp3) is 0.188. The zero-order chi connectivity index (χ0) is 18.4. The van der Waals surface area contributed by atoms with Gasteiger partial charge in [-0.1, -0.05) is 12.1 Å². The fourth-order valence-electron chi connectivity index (χ4n) is 1.79. The molecular formula is C16H14F3N3O3. The molecule has 6 nitrogen and oxygen atoms in total. The Kier molecular flexibility index (Phi) is 5.58. The topological polar surface area (TPSA) is 83.8 Å². The van der Waals surface area contributed by atoms with E-state index in [9.17, 15) is 18.0 Å². The number of nitrogens with one attached hydrogen (secondary N) is 1. The Bertz CT molecular complexity index is 774. The Hall–Kier alpha value is -3.10. The molecule has 1 heterocycles. The lowest BCUT2D eigenvalue weighted by Gasteiger charge is -2.08. The lowest BCUT2D eigenvalue weighted by Crippen LogP contribution is -2.10. The number of ether oxygens (including phenoxy) is 1. The molecule has 2 aromatic rings. The molecule has 0 aliphatic heterocycles. The van der Waals surface area contributed by atoms with Crippen molar-refractivity contribution in [1.82, 2.24) is 4.98 Å². The standard InChI is InChI=1S/C16H14F3N3O3/c1-10(11-3-2-4-13(7-11)25-9-15(23)24)21-22-14-6-5-12(8-20-14)16(17,18)19/h2-8H,9H2,1H3,(H,20,22)(H,23,24)/b21-10-. The number of carboxylic acid groups (broad SMARTS) is 1. The van der Waals surface area contributed by atoms with Crippen molar-refractivity contribution >= 4 is 17.5 Å². The number of rotatable bonds is 6. The number of benzene rings is 1. The number of aliphatic carboxylic acids is 1. The second-order valence-electron chi connectivity index (χ2n) is 4.95. The van der Waals surface area contributed by atoms with E-state index >= 15 is 0 Å². The molecule has 0 amide bonds. The summed E-state index contributed by atoms with van der Waals surface area (Å²) >= 11 is 0. The van der Waals surface area contributed by atoms with Crippen LogP contribution in [0.15, 0.2) is 47.7 Å². The summed E-state index contributed by atoms with van der Waals surface area (Å²) in [5, 5.41) is 12.6. The van der Waals surface area contributed by atoms with Crippen LogP contribution in [0.4, 0.5) is 19.0 Å². The molecule has 0 radical (unpaired) electrons. The van der Waals surface area contributed by atoms with Gasteiger partial charge in [0.25, 0.3) is 0 Å². The maximum absolute atomic E-state index is 12.5. The molecule has 2 N–H and O–H groups in total. The molecule has 0 aliphatic rings. The highest BCUT2D eigenvalue weighted by molar-refractivity contribution is 5.99. The monoisotopic (exact) mass is 353 g/mol. The van der Waals surface area contributed by atoms with E-state index in [-0.39, 0.29) is 5.82 Å². The predicted molar refractivity (Wildman–Crippen MR) is 84.6 cm³/mol. The molecule has 9 heteroatoms. The van der Waals surface area contributed by atoms with E-state index in [1.165, 1.54) is 6.07 Å². The first kappa shape index (κ1) is 18.2. The second kappa shape index (κ2) is 7.65. The summed E-state index contributed by atoms with van der Waals surface area (Å²) in [5.41, 5.74) is 2.89. The van der Waals surface area contributed by atoms with E-state index in [0.717, 1.165) is 6.07 Å². The van der Waals surface area contributed by atoms with Gasteiger partial charge in [-0.15, -0.1) is 0 Å². The minimum atomic E-state index is -4.44. The van der Waals surface area contributed by atoms with Gasteiger partial charge in [0.1, 0.15) is 11.6 Å². The Labute approximate surface area is 141 Å². The van der Waals surface area contributed by atoms with Crippen molar-refractivity contribution < 1.29 is 27.8 Å². The molecule has 0 bridgehead atoms. The number of carbonyl (C=O) groups is 1. The average Bonchev–Trinajstić information content (AvgIpc) is 2.57. The molecule has 0 unspecified atom stereocenters. The molecule has 0 spiro atoms. The highest BCUT2D eigenvalue weighted by Gasteiger charge is 2.30. The van der Waals surface area contributed by atoms with Crippen molar-refractivity contribution in [2.45, 2.75) is 13.1 Å². The Balaban J connectivity index is 2.06. The number of anilines is 1. The van der Waals surface area contributed by atoms with Gasteiger partial charge in [0, 0.05) is 11.8 Å². The third-order valence-electron chi connectivity index (χ3n) is 3.04. The molecule has 0 aliphatic carbocycles. The van der Waals surface area contributed by atoms with Gasteiger partial charge in [-0.2, -0.15) is 18.3 Å². The number of nitrogens with zero attached hydrogens (tertiary/aromatic N) is 2. The molecule has 0 saturated heterocycles. The smallest absolute Gasteiger partial charge is 0.417 e. The highest BCUT2D eigenvalue weighted by Crippen LogP contribution is 2.28. The van der Waals surface area contributed by atoms with Gasteiger partial charge < -0.3 is 9.84 Å². The van der Waals surface area contributed by atoms with Crippen molar-refractivity contribution in [2.75, 3.05) is 12.0 Å². The van der Waals surface area contributed by atoms with E-state index in [0.29, 0.717) is 23.2 Å². The van der Waals surface area contributed by atoms with Gasteiger partial charge in [0.2, 0.25) is 0 Å². The van der Waals surface area contributed by atoms with Crippen LogP contribution in [0.5, 0.6) is 5.75 Å². The summed E-state index contributed by atoms with van der Waals surface area (Å²) in [4.78, 5) is 14.1. The average molecular weight is 353 g/mol. The molecule has 1 aromatic heterocycles. The number of aromatic nitrogens is 1. The third-order valence-corrected chi connectivity index (χ3v) is 3.04. The van der Waals surface area contributed by atoms with Gasteiger partial charge in [-0.05, 0) is 31.2 Å². The third kappa shape index (κ3) is 5.48. The molecular weight excluding hydrogens is 339 g/mol. The largest absolute Gasteiger partial charge is 0.482 e. The van der Waals surface area contributed by atoms with Crippen LogP contribution in [-0.2, 0) is 11.0 Å². The molecule has 0 saturated carbocycles. The lowest BCUT2D eigenvalue weighted by atomic mass is 10.1. The van der Waals surface area contributed by atoms with Crippen LogP contribution in [-0.4, -0.2) is 28.4 Å². The Morgan fingerprint density at radius 2 is 2.08 bits per heavy atom. The molecule has 0 atom stereocenters.